The standard InChI is InChI=1S/C19H22N2O4/c1-20(2)17(22)15-14-7-8-19(25-14)11-21(18(23)16(15)19)10-12-5-4-6-13(9-12)24-3/h4-9,14-16H,10-11H2,1-3H3/t14-,15-,16-,19-/m0/s1. The molecular weight excluding hydrogens is 320 g/mol. The molecule has 0 aromatic heterocycles. The van der Waals surface area contributed by atoms with Gasteiger partial charge in [-0.25, -0.2) is 0 Å². The molecule has 0 unspecified atom stereocenters. The van der Waals surface area contributed by atoms with Crippen molar-refractivity contribution in [3.05, 3.63) is 42.0 Å². The van der Waals surface area contributed by atoms with Gasteiger partial charge in [0.05, 0.1) is 31.6 Å². The highest BCUT2D eigenvalue weighted by atomic mass is 16.5. The fraction of sp³-hybridized carbons (Fsp3) is 0.474. The first kappa shape index (κ1) is 16.1. The molecule has 1 aromatic rings. The highest BCUT2D eigenvalue weighted by molar-refractivity contribution is 5.92. The van der Waals surface area contributed by atoms with Crippen molar-refractivity contribution in [2.45, 2.75) is 18.2 Å². The number of fused-ring (bicyclic) bond motifs is 1. The molecule has 25 heavy (non-hydrogen) atoms. The quantitative estimate of drug-likeness (QED) is 0.768. The van der Waals surface area contributed by atoms with Crippen LogP contribution in [-0.2, 0) is 20.9 Å². The molecule has 1 spiro atoms. The van der Waals surface area contributed by atoms with Gasteiger partial charge in [0.25, 0.3) is 0 Å². The SMILES string of the molecule is COc1cccc(CN2C[C@]34C=C[C@H](O3)[C@H](C(=O)N(C)C)[C@H]4C2=O)c1. The Morgan fingerprint density at radius 3 is 2.96 bits per heavy atom. The molecule has 3 heterocycles. The lowest BCUT2D eigenvalue weighted by atomic mass is 9.76. The number of carbonyl (C=O) groups excluding carboxylic acids is 2. The van der Waals surface area contributed by atoms with Crippen LogP contribution in [0.5, 0.6) is 5.75 Å². The van der Waals surface area contributed by atoms with E-state index in [0.29, 0.717) is 13.1 Å². The molecule has 0 N–H and O–H groups in total. The molecule has 2 saturated heterocycles. The number of nitrogens with zero attached hydrogens (tertiary/aromatic N) is 2. The first-order chi connectivity index (χ1) is 11.9. The molecule has 2 fully saturated rings. The van der Waals surface area contributed by atoms with Crippen LogP contribution < -0.4 is 4.74 Å². The fourth-order valence-electron chi connectivity index (χ4n) is 4.28. The van der Waals surface area contributed by atoms with Crippen LogP contribution in [0, 0.1) is 11.8 Å². The third kappa shape index (κ3) is 2.35. The summed E-state index contributed by atoms with van der Waals surface area (Å²) in [6.07, 6.45) is 3.62. The third-order valence-electron chi connectivity index (χ3n) is 5.41. The highest BCUT2D eigenvalue weighted by Crippen LogP contribution is 2.52. The third-order valence-corrected chi connectivity index (χ3v) is 5.41. The van der Waals surface area contributed by atoms with E-state index in [2.05, 4.69) is 0 Å². The minimum Gasteiger partial charge on any atom is -0.497 e. The topological polar surface area (TPSA) is 59.1 Å². The van der Waals surface area contributed by atoms with Gasteiger partial charge in [0.2, 0.25) is 11.8 Å². The summed E-state index contributed by atoms with van der Waals surface area (Å²) in [5.41, 5.74) is 0.342. The van der Waals surface area contributed by atoms with E-state index in [1.165, 1.54) is 0 Å². The molecule has 3 aliphatic rings. The van der Waals surface area contributed by atoms with Gasteiger partial charge in [-0.3, -0.25) is 9.59 Å². The van der Waals surface area contributed by atoms with Crippen LogP contribution in [0.3, 0.4) is 0 Å². The molecule has 4 atom stereocenters. The van der Waals surface area contributed by atoms with Crippen molar-refractivity contribution in [2.75, 3.05) is 27.7 Å². The summed E-state index contributed by atoms with van der Waals surface area (Å²) in [5, 5.41) is 0. The second-order valence-electron chi connectivity index (χ2n) is 7.18. The van der Waals surface area contributed by atoms with E-state index >= 15 is 0 Å². The predicted molar refractivity (Wildman–Crippen MR) is 90.8 cm³/mol. The van der Waals surface area contributed by atoms with E-state index in [1.807, 2.05) is 36.4 Å². The van der Waals surface area contributed by atoms with Crippen molar-refractivity contribution in [2.24, 2.45) is 11.8 Å². The van der Waals surface area contributed by atoms with Crippen molar-refractivity contribution in [1.82, 2.24) is 9.80 Å². The smallest absolute Gasteiger partial charge is 0.230 e. The van der Waals surface area contributed by atoms with Gasteiger partial charge >= 0.3 is 0 Å². The molecular formula is C19H22N2O4. The van der Waals surface area contributed by atoms with Crippen LogP contribution in [0.25, 0.3) is 0 Å². The number of hydrogen-bond donors (Lipinski definition) is 0. The van der Waals surface area contributed by atoms with E-state index in [-0.39, 0.29) is 17.9 Å². The number of hydrogen-bond acceptors (Lipinski definition) is 4. The summed E-state index contributed by atoms with van der Waals surface area (Å²) in [6.45, 7) is 0.969. The van der Waals surface area contributed by atoms with Gasteiger partial charge in [-0.05, 0) is 17.7 Å². The molecule has 6 heteroatoms. The number of likely N-dealkylation sites (tertiary alicyclic amines) is 1. The second-order valence-corrected chi connectivity index (χ2v) is 7.18. The van der Waals surface area contributed by atoms with Crippen molar-refractivity contribution in [3.8, 4) is 5.75 Å². The lowest BCUT2D eigenvalue weighted by Crippen LogP contribution is -2.43. The van der Waals surface area contributed by atoms with E-state index < -0.39 is 17.4 Å². The molecule has 0 aliphatic carbocycles. The minimum absolute atomic E-state index is 0.00475. The lowest BCUT2D eigenvalue weighted by molar-refractivity contribution is -0.141. The zero-order valence-corrected chi connectivity index (χ0v) is 14.6. The van der Waals surface area contributed by atoms with Crippen LogP contribution in [0.4, 0.5) is 0 Å². The Morgan fingerprint density at radius 1 is 1.44 bits per heavy atom. The molecule has 2 bridgehead atoms. The van der Waals surface area contributed by atoms with Gasteiger partial charge in [-0.2, -0.15) is 0 Å². The lowest BCUT2D eigenvalue weighted by Gasteiger charge is -2.25. The van der Waals surface area contributed by atoms with Crippen LogP contribution in [0.2, 0.25) is 0 Å². The van der Waals surface area contributed by atoms with E-state index in [4.69, 9.17) is 9.47 Å². The van der Waals surface area contributed by atoms with Gasteiger partial charge in [0, 0.05) is 20.6 Å². The summed E-state index contributed by atoms with van der Waals surface area (Å²) in [6, 6.07) is 7.68. The van der Waals surface area contributed by atoms with E-state index in [1.54, 1.807) is 31.0 Å². The largest absolute Gasteiger partial charge is 0.497 e. The number of benzene rings is 1. The highest BCUT2D eigenvalue weighted by Gasteiger charge is 2.66. The second kappa shape index (κ2) is 5.59. The monoisotopic (exact) mass is 342 g/mol. The number of rotatable bonds is 4. The number of methoxy groups -OCH3 is 1. The van der Waals surface area contributed by atoms with E-state index in [9.17, 15) is 9.59 Å². The number of carbonyl (C=O) groups is 2. The van der Waals surface area contributed by atoms with Crippen LogP contribution in [0.15, 0.2) is 36.4 Å². The molecule has 6 nitrogen and oxygen atoms in total. The van der Waals surface area contributed by atoms with Crippen molar-refractivity contribution >= 4 is 11.8 Å². The molecule has 0 saturated carbocycles. The molecule has 2 amide bonds. The number of amides is 2. The summed E-state index contributed by atoms with van der Waals surface area (Å²) in [4.78, 5) is 29.0. The average molecular weight is 342 g/mol. The maximum atomic E-state index is 13.1. The Hall–Kier alpha value is -2.34. The summed E-state index contributed by atoms with van der Waals surface area (Å²) in [5.74, 6) is -0.140. The average Bonchev–Trinajstić information content (AvgIpc) is 3.23. The fourth-order valence-corrected chi connectivity index (χ4v) is 4.28. The van der Waals surface area contributed by atoms with Gasteiger partial charge < -0.3 is 19.3 Å². The van der Waals surface area contributed by atoms with Gasteiger partial charge in [-0.15, -0.1) is 0 Å². The van der Waals surface area contributed by atoms with Crippen LogP contribution >= 0.6 is 0 Å². The molecule has 132 valence electrons. The Kier molecular flexibility index (Phi) is 3.61. The number of ether oxygens (including phenoxy) is 2. The predicted octanol–water partition coefficient (Wildman–Crippen LogP) is 1.07. The first-order valence-corrected chi connectivity index (χ1v) is 8.45. The summed E-state index contributed by atoms with van der Waals surface area (Å²) >= 11 is 0. The molecule has 4 rings (SSSR count). The van der Waals surface area contributed by atoms with Gasteiger partial charge in [0.15, 0.2) is 0 Å². The van der Waals surface area contributed by atoms with Gasteiger partial charge in [0.1, 0.15) is 11.4 Å². The molecule has 3 aliphatic heterocycles. The van der Waals surface area contributed by atoms with E-state index in [0.717, 1.165) is 11.3 Å². The van der Waals surface area contributed by atoms with Crippen molar-refractivity contribution in [1.29, 1.82) is 0 Å². The Morgan fingerprint density at radius 2 is 2.24 bits per heavy atom. The normalized spacial score (nSPS) is 32.2. The zero-order chi connectivity index (χ0) is 17.8. The maximum absolute atomic E-state index is 13.1. The Bertz CT molecular complexity index is 760. The van der Waals surface area contributed by atoms with Crippen LogP contribution in [-0.4, -0.2) is 61.1 Å². The van der Waals surface area contributed by atoms with Crippen LogP contribution in [0.1, 0.15) is 5.56 Å². The first-order valence-electron chi connectivity index (χ1n) is 8.45. The van der Waals surface area contributed by atoms with Crippen molar-refractivity contribution < 1.29 is 19.1 Å². The Labute approximate surface area is 147 Å². The maximum Gasteiger partial charge on any atom is 0.230 e. The molecule has 1 aromatic carbocycles. The van der Waals surface area contributed by atoms with Gasteiger partial charge in [-0.1, -0.05) is 24.3 Å². The Balaban J connectivity index is 1.60. The van der Waals surface area contributed by atoms with Crippen molar-refractivity contribution in [3.63, 3.8) is 0 Å². The minimum atomic E-state index is -0.656. The summed E-state index contributed by atoms with van der Waals surface area (Å²) in [7, 11) is 5.06. The summed E-state index contributed by atoms with van der Waals surface area (Å²) < 4.78 is 11.4. The molecule has 0 radical (unpaired) electrons. The zero-order valence-electron chi connectivity index (χ0n) is 14.6.